The molecule has 122 valence electrons. The third-order valence-electron chi connectivity index (χ3n) is 5.61. The summed E-state index contributed by atoms with van der Waals surface area (Å²) in [6.45, 7) is 2.26. The predicted octanol–water partition coefficient (Wildman–Crippen LogP) is 4.19. The summed E-state index contributed by atoms with van der Waals surface area (Å²) in [6, 6.07) is 6.21. The van der Waals surface area contributed by atoms with Gasteiger partial charge in [0.25, 0.3) is 0 Å². The zero-order valence-corrected chi connectivity index (χ0v) is 14.0. The normalized spacial score (nSPS) is 32.1. The lowest BCUT2D eigenvalue weighted by molar-refractivity contribution is -0.125. The number of anilines is 1. The number of halogens is 1. The average molecular weight is 333 g/mol. The summed E-state index contributed by atoms with van der Waals surface area (Å²) < 4.78 is 0. The van der Waals surface area contributed by atoms with Crippen LogP contribution in [0.4, 0.5) is 10.5 Å². The van der Waals surface area contributed by atoms with Crippen LogP contribution >= 0.6 is 11.6 Å². The minimum atomic E-state index is -0.0939. The Bertz CT molecular complexity index is 663. The molecule has 2 aliphatic heterocycles. The molecular formula is C18H21ClN2O2. The number of hydrogen-bond acceptors (Lipinski definition) is 2. The topological polar surface area (TPSA) is 49.4 Å². The van der Waals surface area contributed by atoms with Crippen LogP contribution < -0.4 is 5.32 Å². The van der Waals surface area contributed by atoms with E-state index in [-0.39, 0.29) is 17.7 Å². The fourth-order valence-corrected chi connectivity index (χ4v) is 4.54. The summed E-state index contributed by atoms with van der Waals surface area (Å²) in [6.07, 6.45) is 4.83. The van der Waals surface area contributed by atoms with E-state index in [2.05, 4.69) is 12.2 Å². The minimum Gasteiger partial charge on any atom is -0.318 e. The van der Waals surface area contributed by atoms with Gasteiger partial charge in [-0.2, -0.15) is 0 Å². The van der Waals surface area contributed by atoms with Gasteiger partial charge in [-0.1, -0.05) is 18.5 Å². The first kappa shape index (κ1) is 15.0. The van der Waals surface area contributed by atoms with E-state index < -0.39 is 0 Å². The molecule has 2 heterocycles. The summed E-state index contributed by atoms with van der Waals surface area (Å²) in [5.74, 6) is 0.861. The highest BCUT2D eigenvalue weighted by Crippen LogP contribution is 2.42. The number of urea groups is 1. The average Bonchev–Trinajstić information content (AvgIpc) is 2.48. The number of benzene rings is 1. The molecule has 5 rings (SSSR count). The van der Waals surface area contributed by atoms with E-state index in [1.807, 2.05) is 17.0 Å². The Hall–Kier alpha value is -1.55. The van der Waals surface area contributed by atoms with E-state index in [9.17, 15) is 9.59 Å². The largest absolute Gasteiger partial charge is 0.322 e. The Balaban J connectivity index is 1.48. The number of piperidine rings is 1. The number of ketones is 1. The number of nitrogens with one attached hydrogen (secondary N) is 1. The van der Waals surface area contributed by atoms with Crippen LogP contribution in [0, 0.1) is 5.92 Å². The van der Waals surface area contributed by atoms with Crippen LogP contribution in [0.3, 0.4) is 0 Å². The maximum atomic E-state index is 12.5. The van der Waals surface area contributed by atoms with E-state index in [1.165, 1.54) is 0 Å². The molecule has 2 bridgehead atoms. The number of nitrogens with zero attached hydrogens (tertiary/aromatic N) is 1. The molecule has 1 aromatic carbocycles. The zero-order valence-electron chi connectivity index (χ0n) is 13.2. The number of carbonyl (C=O) groups is 2. The molecule has 0 spiro atoms. The molecule has 2 saturated carbocycles. The number of fused-ring (bicyclic) bond motifs is 2. The highest BCUT2D eigenvalue weighted by Gasteiger charge is 2.46. The van der Waals surface area contributed by atoms with Crippen molar-refractivity contribution in [3.05, 3.63) is 28.8 Å². The smallest absolute Gasteiger partial charge is 0.318 e. The van der Waals surface area contributed by atoms with Crippen molar-refractivity contribution >= 4 is 29.1 Å². The molecule has 1 N–H and O–H groups in total. The van der Waals surface area contributed by atoms with Crippen LogP contribution in [0.15, 0.2) is 18.2 Å². The summed E-state index contributed by atoms with van der Waals surface area (Å²) in [4.78, 5) is 26.2. The van der Waals surface area contributed by atoms with Crippen molar-refractivity contribution in [1.82, 2.24) is 4.90 Å². The van der Waals surface area contributed by atoms with Gasteiger partial charge >= 0.3 is 6.03 Å². The summed E-state index contributed by atoms with van der Waals surface area (Å²) in [7, 11) is 0. The van der Waals surface area contributed by atoms with Gasteiger partial charge < -0.3 is 10.2 Å². The van der Waals surface area contributed by atoms with Gasteiger partial charge in [0.15, 0.2) is 0 Å². The molecule has 0 radical (unpaired) electrons. The maximum absolute atomic E-state index is 12.5. The fraction of sp³-hybridized carbons (Fsp3) is 0.556. The van der Waals surface area contributed by atoms with Gasteiger partial charge in [0.05, 0.1) is 0 Å². The van der Waals surface area contributed by atoms with Crippen molar-refractivity contribution in [2.45, 2.75) is 57.0 Å². The molecule has 2 aliphatic carbocycles. The molecule has 1 aromatic rings. The monoisotopic (exact) mass is 332 g/mol. The Kier molecular flexibility index (Phi) is 3.60. The van der Waals surface area contributed by atoms with Crippen molar-refractivity contribution in [2.75, 3.05) is 5.32 Å². The highest BCUT2D eigenvalue weighted by atomic mass is 35.5. The van der Waals surface area contributed by atoms with E-state index >= 15 is 0 Å². The van der Waals surface area contributed by atoms with Crippen LogP contribution in [-0.2, 0) is 4.79 Å². The summed E-state index contributed by atoms with van der Waals surface area (Å²) >= 11 is 6.23. The molecule has 2 saturated heterocycles. The second-order valence-corrected chi connectivity index (χ2v) is 7.66. The van der Waals surface area contributed by atoms with Crippen LogP contribution in [0.25, 0.3) is 0 Å². The van der Waals surface area contributed by atoms with E-state index in [0.717, 1.165) is 42.9 Å². The maximum Gasteiger partial charge on any atom is 0.322 e. The van der Waals surface area contributed by atoms with Crippen LogP contribution in [-0.4, -0.2) is 28.8 Å². The first-order chi connectivity index (χ1) is 11.0. The third kappa shape index (κ3) is 2.53. The molecule has 4 fully saturated rings. The highest BCUT2D eigenvalue weighted by molar-refractivity contribution is 6.31. The predicted molar refractivity (Wildman–Crippen MR) is 89.9 cm³/mol. The second-order valence-electron chi connectivity index (χ2n) is 7.25. The Morgan fingerprint density at radius 1 is 1.26 bits per heavy atom. The molecular weight excluding hydrogens is 312 g/mol. The summed E-state index contributed by atoms with van der Waals surface area (Å²) in [5, 5.41) is 3.60. The third-order valence-corrected chi connectivity index (χ3v) is 5.95. The molecule has 4 aliphatic rings. The molecule has 3 unspecified atom stereocenters. The van der Waals surface area contributed by atoms with Crippen LogP contribution in [0.5, 0.6) is 0 Å². The zero-order chi connectivity index (χ0) is 16.1. The Morgan fingerprint density at radius 2 is 2.00 bits per heavy atom. The van der Waals surface area contributed by atoms with Crippen molar-refractivity contribution < 1.29 is 9.59 Å². The molecule has 3 atom stereocenters. The standard InChI is InChI=1S/C18H21ClN2O2/c1-10-6-12-9-13(7-10)21(12)18(23)20-11-2-4-16(19)15(8-11)14-3-5-17(14)22/h2,4,8,10,12-14H,3,5-7,9H2,1H3,(H,20,23). The number of Topliss-reactive ketones (excluding diaryl/α,β-unsaturated/α-hetero) is 1. The molecule has 23 heavy (non-hydrogen) atoms. The van der Waals surface area contributed by atoms with E-state index in [4.69, 9.17) is 11.6 Å². The first-order valence-corrected chi connectivity index (χ1v) is 8.82. The molecule has 2 amide bonds. The van der Waals surface area contributed by atoms with Gasteiger partial charge in [-0.15, -0.1) is 0 Å². The van der Waals surface area contributed by atoms with Crippen molar-refractivity contribution in [1.29, 1.82) is 0 Å². The van der Waals surface area contributed by atoms with E-state index in [1.54, 1.807) is 6.07 Å². The number of hydrogen-bond donors (Lipinski definition) is 1. The minimum absolute atomic E-state index is 0.0219. The quantitative estimate of drug-likeness (QED) is 0.882. The van der Waals surface area contributed by atoms with Gasteiger partial charge in [0.2, 0.25) is 0 Å². The fourth-order valence-electron chi connectivity index (χ4n) is 4.29. The van der Waals surface area contributed by atoms with Gasteiger partial charge in [0.1, 0.15) is 5.78 Å². The van der Waals surface area contributed by atoms with Crippen molar-refractivity contribution in [3.8, 4) is 0 Å². The van der Waals surface area contributed by atoms with Gasteiger partial charge in [-0.05, 0) is 55.4 Å². The van der Waals surface area contributed by atoms with Gasteiger partial charge in [-0.25, -0.2) is 4.79 Å². The van der Waals surface area contributed by atoms with Gasteiger partial charge in [0, 0.05) is 35.1 Å². The SMILES string of the molecule is CC1CC2CC(C1)N2C(=O)Nc1ccc(Cl)c(C2CCC2=O)c1. The molecule has 5 heteroatoms. The lowest BCUT2D eigenvalue weighted by Gasteiger charge is -2.54. The van der Waals surface area contributed by atoms with Crippen molar-refractivity contribution in [2.24, 2.45) is 5.92 Å². The Morgan fingerprint density at radius 3 is 2.61 bits per heavy atom. The number of amides is 2. The number of carbonyl (C=O) groups excluding carboxylic acids is 2. The Labute approximate surface area is 141 Å². The second kappa shape index (κ2) is 5.52. The lowest BCUT2D eigenvalue weighted by atomic mass is 9.74. The first-order valence-electron chi connectivity index (χ1n) is 8.44. The molecule has 4 nitrogen and oxygen atoms in total. The van der Waals surface area contributed by atoms with Crippen molar-refractivity contribution in [3.63, 3.8) is 0 Å². The number of rotatable bonds is 2. The van der Waals surface area contributed by atoms with Crippen LogP contribution in [0.2, 0.25) is 5.02 Å². The van der Waals surface area contributed by atoms with Gasteiger partial charge in [-0.3, -0.25) is 4.79 Å². The lowest BCUT2D eigenvalue weighted by Crippen LogP contribution is -2.63. The van der Waals surface area contributed by atoms with Crippen LogP contribution in [0.1, 0.15) is 50.5 Å². The summed E-state index contributed by atoms with van der Waals surface area (Å²) in [5.41, 5.74) is 1.57. The van der Waals surface area contributed by atoms with E-state index in [0.29, 0.717) is 23.5 Å². The molecule has 0 aromatic heterocycles.